The van der Waals surface area contributed by atoms with Gasteiger partial charge in [0.2, 0.25) is 11.8 Å². The predicted molar refractivity (Wildman–Crippen MR) is 65.1 cm³/mol. The van der Waals surface area contributed by atoms with E-state index >= 15 is 0 Å². The molecule has 5 heteroatoms. The van der Waals surface area contributed by atoms with Crippen molar-refractivity contribution in [2.75, 3.05) is 25.5 Å². The third-order valence-electron chi connectivity index (χ3n) is 2.80. The Morgan fingerprint density at radius 1 is 1.59 bits per heavy atom. The van der Waals surface area contributed by atoms with Gasteiger partial charge in [-0.15, -0.1) is 0 Å². The van der Waals surface area contributed by atoms with Gasteiger partial charge in [-0.2, -0.15) is 0 Å². The van der Waals surface area contributed by atoms with Crippen molar-refractivity contribution in [3.8, 4) is 5.88 Å². The maximum atomic E-state index is 11.7. The van der Waals surface area contributed by atoms with Crippen LogP contribution >= 0.6 is 0 Å². The second kappa shape index (κ2) is 5.03. The number of anilines is 1. The van der Waals surface area contributed by atoms with Crippen molar-refractivity contribution in [1.29, 1.82) is 0 Å². The molecule has 0 spiro atoms. The fourth-order valence-electron chi connectivity index (χ4n) is 1.86. The van der Waals surface area contributed by atoms with Crippen molar-refractivity contribution in [2.24, 2.45) is 0 Å². The van der Waals surface area contributed by atoms with E-state index in [0.29, 0.717) is 12.5 Å². The van der Waals surface area contributed by atoms with E-state index in [-0.39, 0.29) is 11.9 Å². The molecule has 1 fully saturated rings. The first-order valence-corrected chi connectivity index (χ1v) is 5.81. The van der Waals surface area contributed by atoms with Crippen LogP contribution < -0.4 is 10.1 Å². The van der Waals surface area contributed by atoms with Gasteiger partial charge in [0.15, 0.2) is 0 Å². The van der Waals surface area contributed by atoms with Crippen LogP contribution in [-0.4, -0.2) is 42.0 Å². The molecule has 2 heterocycles. The number of nitrogens with zero attached hydrogens (tertiary/aromatic N) is 2. The molecule has 1 atom stereocenters. The van der Waals surface area contributed by atoms with E-state index in [4.69, 9.17) is 4.74 Å². The van der Waals surface area contributed by atoms with E-state index in [1.54, 1.807) is 17.2 Å². The minimum absolute atomic E-state index is 0.125. The number of aromatic nitrogens is 1. The van der Waals surface area contributed by atoms with Crippen molar-refractivity contribution in [2.45, 2.75) is 19.4 Å². The molecule has 5 nitrogen and oxygen atoms in total. The van der Waals surface area contributed by atoms with E-state index in [2.05, 4.69) is 10.3 Å². The maximum absolute atomic E-state index is 11.7. The third kappa shape index (κ3) is 2.67. The molecule has 1 N–H and O–H groups in total. The maximum Gasteiger partial charge on any atom is 0.244 e. The molecule has 0 radical (unpaired) electrons. The molecular weight excluding hydrogens is 218 g/mol. The molecule has 0 saturated carbocycles. The topological polar surface area (TPSA) is 54.5 Å². The molecule has 1 saturated heterocycles. The Morgan fingerprint density at radius 2 is 2.41 bits per heavy atom. The van der Waals surface area contributed by atoms with Gasteiger partial charge in [0.05, 0.1) is 18.5 Å². The summed E-state index contributed by atoms with van der Waals surface area (Å²) >= 11 is 0. The van der Waals surface area contributed by atoms with Gasteiger partial charge in [0.1, 0.15) is 6.04 Å². The second-order valence-electron chi connectivity index (χ2n) is 4.06. The van der Waals surface area contributed by atoms with Gasteiger partial charge >= 0.3 is 0 Å². The Balaban J connectivity index is 1.97. The Bertz CT molecular complexity index is 391. The summed E-state index contributed by atoms with van der Waals surface area (Å²) in [6, 6.07) is 3.55. The standard InChI is InChI=1S/C12H17N3O2/c1-3-17-11-5-4-9(8-13-11)14-10-6-7-15(2)12(10)16/h4-5,8,10,14H,3,6-7H2,1-2H3/t10-/m1/s1. The van der Waals surface area contributed by atoms with Crippen LogP contribution in [0.2, 0.25) is 0 Å². The highest BCUT2D eigenvalue weighted by molar-refractivity contribution is 5.86. The Kier molecular flexibility index (Phi) is 3.46. The van der Waals surface area contributed by atoms with Crippen LogP contribution in [0.4, 0.5) is 5.69 Å². The van der Waals surface area contributed by atoms with Crippen LogP contribution in [0, 0.1) is 0 Å². The molecule has 1 aromatic heterocycles. The number of hydrogen-bond acceptors (Lipinski definition) is 4. The summed E-state index contributed by atoms with van der Waals surface area (Å²) in [5.41, 5.74) is 0.849. The van der Waals surface area contributed by atoms with Crippen LogP contribution in [0.5, 0.6) is 5.88 Å². The predicted octanol–water partition coefficient (Wildman–Crippen LogP) is 1.12. The van der Waals surface area contributed by atoms with Gasteiger partial charge in [0, 0.05) is 19.7 Å². The van der Waals surface area contributed by atoms with Gasteiger partial charge in [-0.3, -0.25) is 4.79 Å². The molecule has 0 bridgehead atoms. The lowest BCUT2D eigenvalue weighted by atomic mass is 10.2. The molecule has 0 aliphatic carbocycles. The number of ether oxygens (including phenoxy) is 1. The van der Waals surface area contributed by atoms with Crippen molar-refractivity contribution < 1.29 is 9.53 Å². The lowest BCUT2D eigenvalue weighted by Gasteiger charge is -2.13. The Morgan fingerprint density at radius 3 is 2.94 bits per heavy atom. The number of likely N-dealkylation sites (N-methyl/N-ethyl adjacent to an activating group) is 1. The molecule has 17 heavy (non-hydrogen) atoms. The summed E-state index contributed by atoms with van der Waals surface area (Å²) in [6.07, 6.45) is 2.53. The SMILES string of the molecule is CCOc1ccc(N[C@@H]2CCN(C)C2=O)cn1. The first kappa shape index (κ1) is 11.7. The second-order valence-corrected chi connectivity index (χ2v) is 4.06. The number of nitrogens with one attached hydrogen (secondary N) is 1. The summed E-state index contributed by atoms with van der Waals surface area (Å²) in [4.78, 5) is 17.6. The zero-order valence-corrected chi connectivity index (χ0v) is 10.1. The van der Waals surface area contributed by atoms with Crippen molar-refractivity contribution in [3.05, 3.63) is 18.3 Å². The van der Waals surface area contributed by atoms with Gasteiger partial charge in [0.25, 0.3) is 0 Å². The quantitative estimate of drug-likeness (QED) is 0.849. The van der Waals surface area contributed by atoms with Crippen molar-refractivity contribution in [3.63, 3.8) is 0 Å². The number of carbonyl (C=O) groups is 1. The number of rotatable bonds is 4. The third-order valence-corrected chi connectivity index (χ3v) is 2.80. The van der Waals surface area contributed by atoms with E-state index in [0.717, 1.165) is 18.7 Å². The Labute approximate surface area is 101 Å². The Hall–Kier alpha value is -1.78. The fraction of sp³-hybridized carbons (Fsp3) is 0.500. The molecule has 1 aliphatic heterocycles. The number of pyridine rings is 1. The zero-order chi connectivity index (χ0) is 12.3. The minimum Gasteiger partial charge on any atom is -0.478 e. The van der Waals surface area contributed by atoms with Crippen LogP contribution in [0.3, 0.4) is 0 Å². The van der Waals surface area contributed by atoms with Crippen LogP contribution in [-0.2, 0) is 4.79 Å². The number of hydrogen-bond donors (Lipinski definition) is 1. The number of carbonyl (C=O) groups excluding carboxylic acids is 1. The van der Waals surface area contributed by atoms with Gasteiger partial charge < -0.3 is 15.0 Å². The first-order chi connectivity index (χ1) is 8.20. The van der Waals surface area contributed by atoms with E-state index in [1.807, 2.05) is 20.0 Å². The molecule has 2 rings (SSSR count). The van der Waals surface area contributed by atoms with Crippen LogP contribution in [0.25, 0.3) is 0 Å². The molecule has 0 aromatic carbocycles. The lowest BCUT2D eigenvalue weighted by molar-refractivity contribution is -0.127. The first-order valence-electron chi connectivity index (χ1n) is 5.81. The van der Waals surface area contributed by atoms with Crippen molar-refractivity contribution in [1.82, 2.24) is 9.88 Å². The summed E-state index contributed by atoms with van der Waals surface area (Å²) in [5, 5.41) is 3.18. The fourth-order valence-corrected chi connectivity index (χ4v) is 1.86. The molecule has 1 aliphatic rings. The van der Waals surface area contributed by atoms with E-state index in [1.165, 1.54) is 0 Å². The van der Waals surface area contributed by atoms with Gasteiger partial charge in [-0.25, -0.2) is 4.98 Å². The normalized spacial score (nSPS) is 19.5. The average Bonchev–Trinajstić information content (AvgIpc) is 2.64. The van der Waals surface area contributed by atoms with Crippen LogP contribution in [0.1, 0.15) is 13.3 Å². The van der Waals surface area contributed by atoms with Gasteiger partial charge in [-0.05, 0) is 19.4 Å². The summed E-state index contributed by atoms with van der Waals surface area (Å²) < 4.78 is 5.25. The monoisotopic (exact) mass is 235 g/mol. The molecule has 1 amide bonds. The van der Waals surface area contributed by atoms with E-state index < -0.39 is 0 Å². The molecular formula is C12H17N3O2. The molecule has 92 valence electrons. The highest BCUT2D eigenvalue weighted by Gasteiger charge is 2.28. The zero-order valence-electron chi connectivity index (χ0n) is 10.1. The highest BCUT2D eigenvalue weighted by atomic mass is 16.5. The summed E-state index contributed by atoms with van der Waals surface area (Å²) in [5.74, 6) is 0.742. The average molecular weight is 235 g/mol. The largest absolute Gasteiger partial charge is 0.478 e. The van der Waals surface area contributed by atoms with Crippen molar-refractivity contribution >= 4 is 11.6 Å². The van der Waals surface area contributed by atoms with Crippen LogP contribution in [0.15, 0.2) is 18.3 Å². The molecule has 1 aromatic rings. The number of amides is 1. The lowest BCUT2D eigenvalue weighted by Crippen LogP contribution is -2.30. The molecule has 0 unspecified atom stereocenters. The minimum atomic E-state index is -0.125. The smallest absolute Gasteiger partial charge is 0.244 e. The summed E-state index contributed by atoms with van der Waals surface area (Å²) in [6.45, 7) is 3.33. The summed E-state index contributed by atoms with van der Waals surface area (Å²) in [7, 11) is 1.82. The highest BCUT2D eigenvalue weighted by Crippen LogP contribution is 2.17. The van der Waals surface area contributed by atoms with Gasteiger partial charge in [-0.1, -0.05) is 0 Å². The van der Waals surface area contributed by atoms with E-state index in [9.17, 15) is 4.79 Å². The number of likely N-dealkylation sites (tertiary alicyclic amines) is 1.